The predicted molar refractivity (Wildman–Crippen MR) is 110 cm³/mol. The van der Waals surface area contributed by atoms with Crippen LogP contribution in [0.4, 0.5) is 5.95 Å². The minimum absolute atomic E-state index is 0.326. The maximum Gasteiger partial charge on any atom is 0.223 e. The first-order chi connectivity index (χ1) is 13.2. The van der Waals surface area contributed by atoms with Crippen LogP contribution in [-0.4, -0.2) is 34.5 Å². The average Bonchev–Trinajstić information content (AvgIpc) is 2.70. The van der Waals surface area contributed by atoms with Crippen molar-refractivity contribution in [3.05, 3.63) is 48.5 Å². The molecule has 2 heterocycles. The van der Waals surface area contributed by atoms with E-state index in [1.165, 1.54) is 32.1 Å². The second-order valence-electron chi connectivity index (χ2n) is 7.69. The Morgan fingerprint density at radius 2 is 2.07 bits per heavy atom. The van der Waals surface area contributed by atoms with Gasteiger partial charge in [-0.2, -0.15) is 0 Å². The first kappa shape index (κ1) is 17.8. The summed E-state index contributed by atoms with van der Waals surface area (Å²) >= 11 is 0. The summed E-state index contributed by atoms with van der Waals surface area (Å²) in [5.41, 5.74) is 0.935. The van der Waals surface area contributed by atoms with Gasteiger partial charge >= 0.3 is 0 Å². The third kappa shape index (κ3) is 4.41. The minimum Gasteiger partial charge on any atom is -0.458 e. The van der Waals surface area contributed by atoms with E-state index in [0.717, 1.165) is 40.8 Å². The summed E-state index contributed by atoms with van der Waals surface area (Å²) in [7, 11) is 2.06. The lowest BCUT2D eigenvalue weighted by Crippen LogP contribution is -2.25. The molecule has 0 bridgehead atoms. The third-order valence-corrected chi connectivity index (χ3v) is 5.58. The summed E-state index contributed by atoms with van der Waals surface area (Å²) in [6.45, 7) is 3.11. The number of fused-ring (bicyclic) bond motifs is 1. The minimum atomic E-state index is 0.326. The fourth-order valence-corrected chi connectivity index (χ4v) is 3.73. The van der Waals surface area contributed by atoms with Crippen LogP contribution in [0.2, 0.25) is 0 Å². The van der Waals surface area contributed by atoms with Crippen molar-refractivity contribution >= 4 is 16.9 Å². The molecule has 5 heteroatoms. The average molecular weight is 364 g/mol. The first-order valence-corrected chi connectivity index (χ1v) is 9.98. The van der Waals surface area contributed by atoms with E-state index in [2.05, 4.69) is 40.2 Å². The Morgan fingerprint density at radius 1 is 1.22 bits per heavy atom. The molecule has 1 aromatic carbocycles. The molecule has 1 aliphatic heterocycles. The molecule has 142 valence electrons. The third-order valence-electron chi connectivity index (χ3n) is 5.58. The van der Waals surface area contributed by atoms with Crippen LogP contribution >= 0.6 is 0 Å². The lowest BCUT2D eigenvalue weighted by Gasteiger charge is -2.24. The van der Waals surface area contributed by atoms with E-state index in [9.17, 15) is 0 Å². The lowest BCUT2D eigenvalue weighted by molar-refractivity contribution is 0.367. The van der Waals surface area contributed by atoms with Crippen LogP contribution in [0, 0.1) is 5.92 Å². The van der Waals surface area contributed by atoms with E-state index in [-0.39, 0.29) is 0 Å². The standard InChI is InChI=1S/C22H28N4O/c1-16-12-20(10-11-26(16)2)27-19-8-9-21-18(13-19)15-24-22(25-21)23-14-17-6-4-3-5-7-17/h8-13,15-17H,3-7,14H2,1-2H3,(H,23,24,25). The van der Waals surface area contributed by atoms with Crippen molar-refractivity contribution in [2.75, 3.05) is 18.9 Å². The molecule has 0 radical (unpaired) electrons. The molecule has 1 fully saturated rings. The zero-order chi connectivity index (χ0) is 18.6. The van der Waals surface area contributed by atoms with Gasteiger partial charge in [0, 0.05) is 37.4 Å². The van der Waals surface area contributed by atoms with Gasteiger partial charge in [-0.15, -0.1) is 0 Å². The number of rotatable bonds is 5. The van der Waals surface area contributed by atoms with Crippen LogP contribution in [0.1, 0.15) is 39.0 Å². The molecule has 1 N–H and O–H groups in total. The SMILES string of the molecule is CC1C=C(Oc2ccc3nc(NCC4CCCCC4)ncc3c2)C=CN1C. The van der Waals surface area contributed by atoms with Crippen LogP contribution in [-0.2, 0) is 0 Å². The molecule has 1 unspecified atom stereocenters. The molecule has 4 rings (SSSR count). The van der Waals surface area contributed by atoms with E-state index >= 15 is 0 Å². The van der Waals surface area contributed by atoms with Gasteiger partial charge in [0.15, 0.2) is 0 Å². The van der Waals surface area contributed by atoms with Crippen LogP contribution in [0.25, 0.3) is 10.9 Å². The van der Waals surface area contributed by atoms with E-state index in [1.54, 1.807) is 0 Å². The van der Waals surface area contributed by atoms with Crippen LogP contribution in [0.15, 0.2) is 48.5 Å². The summed E-state index contributed by atoms with van der Waals surface area (Å²) in [6.07, 6.45) is 14.7. The van der Waals surface area contributed by atoms with Crippen LogP contribution < -0.4 is 10.1 Å². The largest absolute Gasteiger partial charge is 0.458 e. The molecule has 0 spiro atoms. The number of benzene rings is 1. The number of anilines is 1. The fraction of sp³-hybridized carbons (Fsp3) is 0.455. The van der Waals surface area contributed by atoms with E-state index in [4.69, 9.17) is 4.74 Å². The monoisotopic (exact) mass is 364 g/mol. The summed E-state index contributed by atoms with van der Waals surface area (Å²) in [5, 5.41) is 4.41. The Morgan fingerprint density at radius 3 is 2.89 bits per heavy atom. The highest BCUT2D eigenvalue weighted by Crippen LogP contribution is 2.25. The molecule has 1 atom stereocenters. The second kappa shape index (κ2) is 7.99. The molecular formula is C22H28N4O. The van der Waals surface area contributed by atoms with Crippen LogP contribution in [0.5, 0.6) is 5.75 Å². The number of nitrogens with zero attached hydrogens (tertiary/aromatic N) is 3. The van der Waals surface area contributed by atoms with Gasteiger partial charge in [0.2, 0.25) is 5.95 Å². The molecule has 1 aromatic heterocycles. The van der Waals surface area contributed by atoms with Gasteiger partial charge in [0.25, 0.3) is 0 Å². The Kier molecular flexibility index (Phi) is 5.28. The number of allylic oxidation sites excluding steroid dienone is 1. The van der Waals surface area contributed by atoms with Gasteiger partial charge in [0.05, 0.1) is 5.52 Å². The Bertz CT molecular complexity index is 855. The van der Waals surface area contributed by atoms with Gasteiger partial charge < -0.3 is 15.0 Å². The van der Waals surface area contributed by atoms with Crippen molar-refractivity contribution in [1.29, 1.82) is 0 Å². The van der Waals surface area contributed by atoms with Gasteiger partial charge in [0.1, 0.15) is 11.5 Å². The van der Waals surface area contributed by atoms with Crippen LogP contribution in [0.3, 0.4) is 0 Å². The number of ether oxygens (including phenoxy) is 1. The Labute approximate surface area is 161 Å². The topological polar surface area (TPSA) is 50.3 Å². The highest BCUT2D eigenvalue weighted by Gasteiger charge is 2.14. The van der Waals surface area contributed by atoms with E-state index in [1.807, 2.05) is 36.7 Å². The first-order valence-electron chi connectivity index (χ1n) is 9.98. The molecule has 0 amide bonds. The molecular weight excluding hydrogens is 336 g/mol. The quantitative estimate of drug-likeness (QED) is 0.831. The van der Waals surface area contributed by atoms with Gasteiger partial charge in [-0.3, -0.25) is 0 Å². The van der Waals surface area contributed by atoms with E-state index < -0.39 is 0 Å². The number of nitrogens with one attached hydrogen (secondary N) is 1. The number of hydrogen-bond acceptors (Lipinski definition) is 5. The maximum atomic E-state index is 6.02. The summed E-state index contributed by atoms with van der Waals surface area (Å²) in [6, 6.07) is 6.29. The summed E-state index contributed by atoms with van der Waals surface area (Å²) in [5.74, 6) is 3.15. The highest BCUT2D eigenvalue weighted by molar-refractivity contribution is 5.80. The molecule has 27 heavy (non-hydrogen) atoms. The van der Waals surface area contributed by atoms with Gasteiger partial charge in [-0.25, -0.2) is 9.97 Å². The van der Waals surface area contributed by atoms with Crippen molar-refractivity contribution < 1.29 is 4.74 Å². The zero-order valence-corrected chi connectivity index (χ0v) is 16.2. The smallest absolute Gasteiger partial charge is 0.223 e. The van der Waals surface area contributed by atoms with Gasteiger partial charge in [-0.05, 0) is 56.0 Å². The lowest BCUT2D eigenvalue weighted by atomic mass is 9.89. The molecule has 1 aliphatic carbocycles. The Balaban J connectivity index is 1.42. The number of likely N-dealkylation sites (N-methyl/N-ethyl adjacent to an activating group) is 1. The van der Waals surface area contributed by atoms with Crippen molar-refractivity contribution in [1.82, 2.24) is 14.9 Å². The van der Waals surface area contributed by atoms with Gasteiger partial charge in [-0.1, -0.05) is 19.3 Å². The van der Waals surface area contributed by atoms with Crippen molar-refractivity contribution in [3.8, 4) is 5.75 Å². The fourth-order valence-electron chi connectivity index (χ4n) is 3.73. The summed E-state index contributed by atoms with van der Waals surface area (Å²) in [4.78, 5) is 11.3. The maximum absolute atomic E-state index is 6.02. The van der Waals surface area contributed by atoms with Crippen molar-refractivity contribution in [2.24, 2.45) is 5.92 Å². The van der Waals surface area contributed by atoms with Crippen molar-refractivity contribution in [3.63, 3.8) is 0 Å². The molecule has 5 nitrogen and oxygen atoms in total. The normalized spacial score (nSPS) is 20.6. The van der Waals surface area contributed by atoms with Crippen molar-refractivity contribution in [2.45, 2.75) is 45.1 Å². The highest BCUT2D eigenvalue weighted by atomic mass is 16.5. The molecule has 0 saturated heterocycles. The summed E-state index contributed by atoms with van der Waals surface area (Å²) < 4.78 is 6.02. The number of aromatic nitrogens is 2. The molecule has 2 aliphatic rings. The van der Waals surface area contributed by atoms with E-state index in [0.29, 0.717) is 6.04 Å². The Hall–Kier alpha value is -2.56. The zero-order valence-electron chi connectivity index (χ0n) is 16.2. The molecule has 2 aromatic rings. The predicted octanol–water partition coefficient (Wildman–Crippen LogP) is 4.73. The molecule has 1 saturated carbocycles. The number of hydrogen-bond donors (Lipinski definition) is 1. The second-order valence-corrected chi connectivity index (χ2v) is 7.69.